The van der Waals surface area contributed by atoms with Crippen molar-refractivity contribution in [2.45, 2.75) is 31.8 Å². The molecule has 1 heterocycles. The zero-order chi connectivity index (χ0) is 15.5. The van der Waals surface area contributed by atoms with Gasteiger partial charge in [0.15, 0.2) is 0 Å². The van der Waals surface area contributed by atoms with Gasteiger partial charge in [-0.15, -0.1) is 0 Å². The van der Waals surface area contributed by atoms with Crippen LogP contribution in [0.25, 0.3) is 10.8 Å². The van der Waals surface area contributed by atoms with Crippen LogP contribution in [0.4, 0.5) is 0 Å². The Labute approximate surface area is 138 Å². The van der Waals surface area contributed by atoms with E-state index in [2.05, 4.69) is 77.7 Å². The third-order valence-electron chi connectivity index (χ3n) is 5.00. The lowest BCUT2D eigenvalue weighted by atomic mass is 9.93. The minimum atomic E-state index is 0.550. The van der Waals surface area contributed by atoms with Crippen LogP contribution in [-0.4, -0.2) is 11.4 Å². The van der Waals surface area contributed by atoms with Crippen LogP contribution in [0.2, 0.25) is 0 Å². The molecule has 1 atom stereocenters. The quantitative estimate of drug-likeness (QED) is 0.611. The van der Waals surface area contributed by atoms with Gasteiger partial charge in [-0.05, 0) is 47.4 Å². The Morgan fingerprint density at radius 1 is 0.783 bits per heavy atom. The molecule has 1 saturated heterocycles. The highest BCUT2D eigenvalue weighted by atomic mass is 15.2. The Kier molecular flexibility index (Phi) is 4.12. The van der Waals surface area contributed by atoms with Gasteiger partial charge in [-0.3, -0.25) is 4.90 Å². The van der Waals surface area contributed by atoms with Gasteiger partial charge < -0.3 is 0 Å². The van der Waals surface area contributed by atoms with Crippen LogP contribution < -0.4 is 0 Å². The predicted molar refractivity (Wildman–Crippen MR) is 97.4 cm³/mol. The lowest BCUT2D eigenvalue weighted by Crippen LogP contribution is -2.32. The second-order valence-corrected chi connectivity index (χ2v) is 6.57. The average Bonchev–Trinajstić information content (AvgIpc) is 2.63. The van der Waals surface area contributed by atoms with E-state index in [1.807, 2.05) is 0 Å². The maximum absolute atomic E-state index is 2.66. The zero-order valence-electron chi connectivity index (χ0n) is 13.5. The first-order chi connectivity index (χ1) is 11.4. The molecular formula is C22H23N. The van der Waals surface area contributed by atoms with E-state index in [1.54, 1.807) is 0 Å². The van der Waals surface area contributed by atoms with Gasteiger partial charge in [0.05, 0.1) is 0 Å². The fourth-order valence-electron chi connectivity index (χ4n) is 3.79. The lowest BCUT2D eigenvalue weighted by molar-refractivity contribution is 0.140. The van der Waals surface area contributed by atoms with Gasteiger partial charge in [-0.25, -0.2) is 0 Å². The summed E-state index contributed by atoms with van der Waals surface area (Å²) < 4.78 is 0. The summed E-state index contributed by atoms with van der Waals surface area (Å²) in [7, 11) is 0. The van der Waals surface area contributed by atoms with E-state index in [4.69, 9.17) is 0 Å². The molecule has 0 aromatic heterocycles. The molecule has 0 amide bonds. The molecule has 0 radical (unpaired) electrons. The SMILES string of the molecule is c1ccc(CN2CCCC[C@@H]2c2ccc3ccccc3c2)cc1. The summed E-state index contributed by atoms with van der Waals surface area (Å²) >= 11 is 0. The van der Waals surface area contributed by atoms with Crippen LogP contribution in [0.15, 0.2) is 72.8 Å². The number of likely N-dealkylation sites (tertiary alicyclic amines) is 1. The van der Waals surface area contributed by atoms with E-state index < -0.39 is 0 Å². The molecule has 1 nitrogen and oxygen atoms in total. The largest absolute Gasteiger partial charge is 0.292 e. The van der Waals surface area contributed by atoms with Crippen molar-refractivity contribution in [3.05, 3.63) is 83.9 Å². The first-order valence-corrected chi connectivity index (χ1v) is 8.67. The molecule has 1 heteroatoms. The highest BCUT2D eigenvalue weighted by Crippen LogP contribution is 2.33. The molecule has 0 bridgehead atoms. The summed E-state index contributed by atoms with van der Waals surface area (Å²) in [5, 5.41) is 2.69. The molecule has 0 aliphatic carbocycles. The molecule has 3 aromatic rings. The number of hydrogen-bond acceptors (Lipinski definition) is 1. The van der Waals surface area contributed by atoms with E-state index in [9.17, 15) is 0 Å². The third-order valence-corrected chi connectivity index (χ3v) is 5.00. The Hall–Kier alpha value is -2.12. The van der Waals surface area contributed by atoms with Crippen molar-refractivity contribution in [3.8, 4) is 0 Å². The van der Waals surface area contributed by atoms with Crippen molar-refractivity contribution in [3.63, 3.8) is 0 Å². The normalized spacial score (nSPS) is 19.0. The van der Waals surface area contributed by atoms with Crippen molar-refractivity contribution in [2.75, 3.05) is 6.54 Å². The van der Waals surface area contributed by atoms with Crippen LogP contribution >= 0.6 is 0 Å². The Morgan fingerprint density at radius 3 is 2.43 bits per heavy atom. The highest BCUT2D eigenvalue weighted by molar-refractivity contribution is 5.83. The van der Waals surface area contributed by atoms with E-state index in [-0.39, 0.29) is 0 Å². The second kappa shape index (κ2) is 6.55. The molecule has 0 spiro atoms. The standard InChI is InChI=1S/C22H23N/c1-2-8-18(9-3-1)17-23-15-7-6-12-22(23)21-14-13-19-10-4-5-11-20(19)16-21/h1-5,8-11,13-14,16,22H,6-7,12,15,17H2/t22-/m1/s1. The molecule has 1 aliphatic heterocycles. The fraction of sp³-hybridized carbons (Fsp3) is 0.273. The second-order valence-electron chi connectivity index (χ2n) is 6.57. The lowest BCUT2D eigenvalue weighted by Gasteiger charge is -2.36. The molecule has 23 heavy (non-hydrogen) atoms. The van der Waals surface area contributed by atoms with E-state index in [0.29, 0.717) is 6.04 Å². The summed E-state index contributed by atoms with van der Waals surface area (Å²) in [4.78, 5) is 2.66. The molecule has 1 aliphatic rings. The van der Waals surface area contributed by atoms with Crippen LogP contribution in [0, 0.1) is 0 Å². The molecule has 4 rings (SSSR count). The predicted octanol–water partition coefficient (Wildman–Crippen LogP) is 5.57. The number of nitrogens with zero attached hydrogens (tertiary/aromatic N) is 1. The van der Waals surface area contributed by atoms with Gasteiger partial charge in [0.1, 0.15) is 0 Å². The number of fused-ring (bicyclic) bond motifs is 1. The number of piperidine rings is 1. The van der Waals surface area contributed by atoms with Gasteiger partial charge in [0, 0.05) is 12.6 Å². The number of hydrogen-bond donors (Lipinski definition) is 0. The highest BCUT2D eigenvalue weighted by Gasteiger charge is 2.24. The minimum absolute atomic E-state index is 0.550. The van der Waals surface area contributed by atoms with Gasteiger partial charge >= 0.3 is 0 Å². The van der Waals surface area contributed by atoms with E-state index >= 15 is 0 Å². The van der Waals surface area contributed by atoms with Crippen molar-refractivity contribution < 1.29 is 0 Å². The summed E-state index contributed by atoms with van der Waals surface area (Å²) in [6, 6.07) is 27.1. The van der Waals surface area contributed by atoms with Crippen molar-refractivity contribution >= 4 is 10.8 Å². The van der Waals surface area contributed by atoms with E-state index in [1.165, 1.54) is 47.7 Å². The van der Waals surface area contributed by atoms with Crippen LogP contribution in [0.3, 0.4) is 0 Å². The van der Waals surface area contributed by atoms with Gasteiger partial charge in [0.2, 0.25) is 0 Å². The Balaban J connectivity index is 1.63. The molecule has 0 saturated carbocycles. The molecule has 116 valence electrons. The number of benzene rings is 3. The first-order valence-electron chi connectivity index (χ1n) is 8.67. The summed E-state index contributed by atoms with van der Waals surface area (Å²) in [6.07, 6.45) is 3.92. The number of rotatable bonds is 3. The summed E-state index contributed by atoms with van der Waals surface area (Å²) in [6.45, 7) is 2.25. The smallest absolute Gasteiger partial charge is 0.0351 e. The van der Waals surface area contributed by atoms with Gasteiger partial charge in [-0.1, -0.05) is 73.2 Å². The molecule has 0 unspecified atom stereocenters. The van der Waals surface area contributed by atoms with Crippen molar-refractivity contribution in [1.82, 2.24) is 4.90 Å². The summed E-state index contributed by atoms with van der Waals surface area (Å²) in [5.74, 6) is 0. The minimum Gasteiger partial charge on any atom is -0.292 e. The maximum Gasteiger partial charge on any atom is 0.0351 e. The van der Waals surface area contributed by atoms with Crippen LogP contribution in [0.5, 0.6) is 0 Å². The summed E-state index contributed by atoms with van der Waals surface area (Å²) in [5.41, 5.74) is 2.89. The van der Waals surface area contributed by atoms with Gasteiger partial charge in [-0.2, -0.15) is 0 Å². The maximum atomic E-state index is 2.66. The third kappa shape index (κ3) is 3.16. The Bertz CT molecular complexity index is 778. The molecule has 0 N–H and O–H groups in total. The topological polar surface area (TPSA) is 3.24 Å². The van der Waals surface area contributed by atoms with Crippen LogP contribution in [0.1, 0.15) is 36.4 Å². The van der Waals surface area contributed by atoms with Crippen LogP contribution in [-0.2, 0) is 6.54 Å². The van der Waals surface area contributed by atoms with Crippen molar-refractivity contribution in [2.24, 2.45) is 0 Å². The Morgan fingerprint density at radius 2 is 1.57 bits per heavy atom. The zero-order valence-corrected chi connectivity index (χ0v) is 13.5. The van der Waals surface area contributed by atoms with E-state index in [0.717, 1.165) is 6.54 Å². The monoisotopic (exact) mass is 301 g/mol. The first kappa shape index (κ1) is 14.5. The van der Waals surface area contributed by atoms with Crippen molar-refractivity contribution in [1.29, 1.82) is 0 Å². The average molecular weight is 301 g/mol. The van der Waals surface area contributed by atoms with Gasteiger partial charge in [0.25, 0.3) is 0 Å². The molecule has 1 fully saturated rings. The molecule has 3 aromatic carbocycles. The fourth-order valence-corrected chi connectivity index (χ4v) is 3.79. The molecular weight excluding hydrogens is 278 g/mol.